The Kier molecular flexibility index (Phi) is 1.84. The largest absolute Gasteiger partial charge is 0.277 e. The van der Waals surface area contributed by atoms with Crippen molar-refractivity contribution < 1.29 is 4.39 Å². The summed E-state index contributed by atoms with van der Waals surface area (Å²) >= 11 is 3.36. The van der Waals surface area contributed by atoms with E-state index in [1.54, 1.807) is 12.3 Å². The van der Waals surface area contributed by atoms with Gasteiger partial charge >= 0.3 is 0 Å². The highest BCUT2D eigenvalue weighted by Crippen LogP contribution is 2.25. The summed E-state index contributed by atoms with van der Waals surface area (Å²) in [5, 5.41) is 7.53. The lowest BCUT2D eigenvalue weighted by atomic mass is 10.2. The summed E-state index contributed by atoms with van der Waals surface area (Å²) in [6, 6.07) is 3.57. The van der Waals surface area contributed by atoms with Gasteiger partial charge in [-0.1, -0.05) is 22.0 Å². The zero-order valence-electron chi connectivity index (χ0n) is 6.14. The molecule has 2 nitrogen and oxygen atoms in total. The maximum Gasteiger partial charge on any atom is 0.117 e. The van der Waals surface area contributed by atoms with Gasteiger partial charge in [0.25, 0.3) is 0 Å². The van der Waals surface area contributed by atoms with Crippen molar-refractivity contribution in [2.75, 3.05) is 0 Å². The number of alkyl halides is 1. The normalized spacial score (nSPS) is 10.8. The number of hydrogen-bond acceptors (Lipinski definition) is 1. The molecule has 0 atom stereocenters. The molecule has 0 saturated carbocycles. The maximum atomic E-state index is 12.4. The molecule has 0 fully saturated rings. The van der Waals surface area contributed by atoms with E-state index in [9.17, 15) is 4.39 Å². The Balaban J connectivity index is 2.82. The van der Waals surface area contributed by atoms with Gasteiger partial charge in [0.1, 0.15) is 6.67 Å². The van der Waals surface area contributed by atoms with Crippen molar-refractivity contribution in [2.45, 2.75) is 6.67 Å². The summed E-state index contributed by atoms with van der Waals surface area (Å²) < 4.78 is 13.3. The van der Waals surface area contributed by atoms with E-state index in [2.05, 4.69) is 26.1 Å². The van der Waals surface area contributed by atoms with Gasteiger partial charge in [-0.25, -0.2) is 4.39 Å². The number of aromatic amines is 1. The molecule has 0 aliphatic heterocycles. The van der Waals surface area contributed by atoms with Crippen LogP contribution in [-0.4, -0.2) is 10.2 Å². The maximum absolute atomic E-state index is 12.4. The number of hydrogen-bond donors (Lipinski definition) is 1. The highest BCUT2D eigenvalue weighted by molar-refractivity contribution is 9.10. The van der Waals surface area contributed by atoms with E-state index in [-0.39, 0.29) is 0 Å². The van der Waals surface area contributed by atoms with Crippen LogP contribution in [-0.2, 0) is 6.67 Å². The molecule has 0 bridgehead atoms. The summed E-state index contributed by atoms with van der Waals surface area (Å²) in [7, 11) is 0. The van der Waals surface area contributed by atoms with Gasteiger partial charge in [0.2, 0.25) is 0 Å². The lowest BCUT2D eigenvalue weighted by molar-refractivity contribution is 0.487. The highest BCUT2D eigenvalue weighted by atomic mass is 79.9. The van der Waals surface area contributed by atoms with Gasteiger partial charge in [-0.05, 0) is 6.07 Å². The second kappa shape index (κ2) is 2.86. The van der Waals surface area contributed by atoms with Crippen molar-refractivity contribution in [1.29, 1.82) is 0 Å². The van der Waals surface area contributed by atoms with E-state index in [1.807, 2.05) is 6.07 Å². The van der Waals surface area contributed by atoms with Crippen molar-refractivity contribution in [3.63, 3.8) is 0 Å². The van der Waals surface area contributed by atoms with E-state index in [0.29, 0.717) is 5.56 Å². The first kappa shape index (κ1) is 7.73. The number of rotatable bonds is 1. The minimum absolute atomic E-state index is 0.466. The predicted molar refractivity (Wildman–Crippen MR) is 48.6 cm³/mol. The Morgan fingerprint density at radius 2 is 2.33 bits per heavy atom. The van der Waals surface area contributed by atoms with Crippen molar-refractivity contribution in [3.8, 4) is 0 Å². The van der Waals surface area contributed by atoms with Crippen LogP contribution in [0.25, 0.3) is 10.9 Å². The average Bonchev–Trinajstić information content (AvgIpc) is 2.54. The topological polar surface area (TPSA) is 28.7 Å². The Hall–Kier alpha value is -0.900. The fraction of sp³-hybridized carbons (Fsp3) is 0.125. The first-order valence-corrected chi connectivity index (χ1v) is 4.28. The van der Waals surface area contributed by atoms with Crippen LogP contribution in [0.3, 0.4) is 0 Å². The van der Waals surface area contributed by atoms with Crippen LogP contribution in [0.4, 0.5) is 4.39 Å². The first-order valence-electron chi connectivity index (χ1n) is 3.49. The molecule has 0 radical (unpaired) electrons. The van der Waals surface area contributed by atoms with Crippen LogP contribution in [0.2, 0.25) is 0 Å². The van der Waals surface area contributed by atoms with Crippen molar-refractivity contribution in [3.05, 3.63) is 28.4 Å². The molecule has 1 aromatic heterocycles. The van der Waals surface area contributed by atoms with Crippen LogP contribution in [0, 0.1) is 0 Å². The number of aromatic nitrogens is 2. The van der Waals surface area contributed by atoms with Gasteiger partial charge in [0.05, 0.1) is 11.7 Å². The van der Waals surface area contributed by atoms with Crippen LogP contribution in [0.5, 0.6) is 0 Å². The number of H-pyrrole nitrogens is 1. The van der Waals surface area contributed by atoms with E-state index in [0.717, 1.165) is 15.4 Å². The smallest absolute Gasteiger partial charge is 0.117 e. The SMILES string of the molecule is FCc1ccc(Br)c2cn[nH]c12. The van der Waals surface area contributed by atoms with Gasteiger partial charge in [-0.2, -0.15) is 5.10 Å². The second-order valence-electron chi connectivity index (χ2n) is 2.50. The molecule has 1 N–H and O–H groups in total. The fourth-order valence-corrected chi connectivity index (χ4v) is 1.60. The highest BCUT2D eigenvalue weighted by Gasteiger charge is 2.04. The zero-order chi connectivity index (χ0) is 8.55. The predicted octanol–water partition coefficient (Wildman–Crippen LogP) is 2.79. The van der Waals surface area contributed by atoms with Crippen LogP contribution in [0.1, 0.15) is 5.56 Å². The molecule has 1 heterocycles. The number of nitrogens with one attached hydrogen (secondary N) is 1. The van der Waals surface area contributed by atoms with Crippen LogP contribution in [0.15, 0.2) is 22.8 Å². The van der Waals surface area contributed by atoms with Gasteiger partial charge in [-0.3, -0.25) is 5.10 Å². The molecule has 2 rings (SSSR count). The molecule has 0 aliphatic carbocycles. The van der Waals surface area contributed by atoms with Crippen molar-refractivity contribution >= 4 is 26.8 Å². The van der Waals surface area contributed by atoms with E-state index >= 15 is 0 Å². The molecule has 12 heavy (non-hydrogen) atoms. The Morgan fingerprint density at radius 1 is 1.50 bits per heavy atom. The molecule has 2 aromatic rings. The molecular weight excluding hydrogens is 223 g/mol. The van der Waals surface area contributed by atoms with E-state index < -0.39 is 6.67 Å². The van der Waals surface area contributed by atoms with Crippen molar-refractivity contribution in [1.82, 2.24) is 10.2 Å². The average molecular weight is 229 g/mol. The van der Waals surface area contributed by atoms with Crippen molar-refractivity contribution in [2.24, 2.45) is 0 Å². The number of benzene rings is 1. The molecule has 0 saturated heterocycles. The Morgan fingerprint density at radius 3 is 3.08 bits per heavy atom. The number of fused-ring (bicyclic) bond motifs is 1. The standard InChI is InChI=1S/C8H6BrFN2/c9-7-2-1-5(3-10)8-6(7)4-11-12-8/h1-2,4H,3H2,(H,11,12). The molecule has 0 aliphatic rings. The Labute approximate surface area is 76.9 Å². The van der Waals surface area contributed by atoms with Gasteiger partial charge in [0.15, 0.2) is 0 Å². The van der Waals surface area contributed by atoms with Crippen LogP contribution >= 0.6 is 15.9 Å². The Bertz CT molecular complexity index is 410. The molecule has 62 valence electrons. The molecule has 0 unspecified atom stereocenters. The first-order chi connectivity index (χ1) is 5.83. The quantitative estimate of drug-likeness (QED) is 0.800. The third-order valence-electron chi connectivity index (χ3n) is 1.79. The molecule has 1 aromatic carbocycles. The third kappa shape index (κ3) is 1.03. The number of nitrogens with zero attached hydrogens (tertiary/aromatic N) is 1. The monoisotopic (exact) mass is 228 g/mol. The summed E-state index contributed by atoms with van der Waals surface area (Å²) in [6.45, 7) is -0.466. The molecule has 4 heteroatoms. The second-order valence-corrected chi connectivity index (χ2v) is 3.35. The minimum Gasteiger partial charge on any atom is -0.277 e. The summed E-state index contributed by atoms with van der Waals surface area (Å²) in [4.78, 5) is 0. The van der Waals surface area contributed by atoms with Crippen LogP contribution < -0.4 is 0 Å². The lowest BCUT2D eigenvalue weighted by Crippen LogP contribution is -1.81. The van der Waals surface area contributed by atoms with Gasteiger partial charge < -0.3 is 0 Å². The zero-order valence-corrected chi connectivity index (χ0v) is 7.73. The van der Waals surface area contributed by atoms with E-state index in [1.165, 1.54) is 0 Å². The molecule has 0 amide bonds. The summed E-state index contributed by atoms with van der Waals surface area (Å²) in [6.07, 6.45) is 1.68. The minimum atomic E-state index is -0.466. The fourth-order valence-electron chi connectivity index (χ4n) is 1.17. The third-order valence-corrected chi connectivity index (χ3v) is 2.48. The summed E-state index contributed by atoms with van der Waals surface area (Å²) in [5.74, 6) is 0. The lowest BCUT2D eigenvalue weighted by Gasteiger charge is -1.97. The van der Waals surface area contributed by atoms with E-state index in [4.69, 9.17) is 0 Å². The number of halogens is 2. The van der Waals surface area contributed by atoms with Gasteiger partial charge in [-0.15, -0.1) is 0 Å². The molecule has 0 spiro atoms. The molecular formula is C8H6BrFN2. The van der Waals surface area contributed by atoms with Gasteiger partial charge in [0, 0.05) is 15.4 Å². The summed E-state index contributed by atoms with van der Waals surface area (Å²) in [5.41, 5.74) is 1.41.